The molecule has 0 spiro atoms. The first-order valence-electron chi connectivity index (χ1n) is 3.95. The number of carbonyl (C=O) groups is 1. The molecule has 0 bridgehead atoms. The van der Waals surface area contributed by atoms with Gasteiger partial charge >= 0.3 is 0 Å². The van der Waals surface area contributed by atoms with Crippen LogP contribution in [-0.2, 0) is 0 Å². The summed E-state index contributed by atoms with van der Waals surface area (Å²) in [6.45, 7) is 0. The van der Waals surface area contributed by atoms with E-state index in [1.807, 2.05) is 0 Å². The van der Waals surface area contributed by atoms with Crippen molar-refractivity contribution >= 4 is 17.5 Å². The second kappa shape index (κ2) is 4.82. The molecule has 1 nitrogen and oxygen atoms in total. The molecule has 0 saturated heterocycles. The van der Waals surface area contributed by atoms with Gasteiger partial charge in [-0.1, -0.05) is 0 Å². The highest BCUT2D eigenvalue weighted by Crippen LogP contribution is 2.23. The highest BCUT2D eigenvalue weighted by molar-refractivity contribution is 7.99. The molecular formula is C9H5F5OS. The van der Waals surface area contributed by atoms with E-state index in [-0.39, 0.29) is 5.75 Å². The van der Waals surface area contributed by atoms with Crippen molar-refractivity contribution in [3.8, 4) is 0 Å². The number of hydrogen-bond acceptors (Lipinski definition) is 2. The van der Waals surface area contributed by atoms with Crippen LogP contribution in [0.25, 0.3) is 0 Å². The fourth-order valence-corrected chi connectivity index (χ4v) is 1.46. The van der Waals surface area contributed by atoms with Crippen molar-refractivity contribution in [3.05, 3.63) is 34.6 Å². The summed E-state index contributed by atoms with van der Waals surface area (Å²) in [5.74, 6) is -12.2. The maximum absolute atomic E-state index is 13.0. The summed E-state index contributed by atoms with van der Waals surface area (Å²) in [7, 11) is 0. The highest BCUT2D eigenvalue weighted by atomic mass is 32.2. The van der Waals surface area contributed by atoms with Crippen molar-refractivity contribution in [2.24, 2.45) is 0 Å². The quantitative estimate of drug-likeness (QED) is 0.358. The molecule has 0 saturated carbocycles. The van der Waals surface area contributed by atoms with Gasteiger partial charge in [0.05, 0.1) is 11.3 Å². The second-order valence-corrected chi connectivity index (χ2v) is 3.67. The average molecular weight is 256 g/mol. The van der Waals surface area contributed by atoms with Crippen molar-refractivity contribution in [1.29, 1.82) is 0 Å². The summed E-state index contributed by atoms with van der Waals surface area (Å²) in [5.41, 5.74) is -1.38. The molecule has 1 rings (SSSR count). The van der Waals surface area contributed by atoms with Crippen molar-refractivity contribution in [2.75, 3.05) is 12.0 Å². The molecule has 0 heterocycles. The van der Waals surface area contributed by atoms with Crippen LogP contribution in [0.3, 0.4) is 0 Å². The zero-order valence-corrected chi connectivity index (χ0v) is 8.73. The molecule has 1 aromatic rings. The van der Waals surface area contributed by atoms with Crippen LogP contribution in [0.5, 0.6) is 0 Å². The van der Waals surface area contributed by atoms with Crippen molar-refractivity contribution < 1.29 is 26.7 Å². The van der Waals surface area contributed by atoms with Crippen LogP contribution in [0.15, 0.2) is 0 Å². The SMILES string of the molecule is CSCC(=O)c1c(F)c(F)c(F)c(F)c1F. The number of ketones is 1. The van der Waals surface area contributed by atoms with E-state index in [0.29, 0.717) is 0 Å². The third-order valence-electron chi connectivity index (χ3n) is 1.76. The van der Waals surface area contributed by atoms with Gasteiger partial charge in [0.2, 0.25) is 5.82 Å². The predicted molar refractivity (Wildman–Crippen MR) is 48.9 cm³/mol. The van der Waals surface area contributed by atoms with E-state index in [9.17, 15) is 26.7 Å². The van der Waals surface area contributed by atoms with Gasteiger partial charge in [0, 0.05) is 0 Å². The summed E-state index contributed by atoms with van der Waals surface area (Å²) < 4.78 is 64.0. The molecule has 0 amide bonds. The molecule has 1 aromatic carbocycles. The first kappa shape index (κ1) is 13.0. The van der Waals surface area contributed by atoms with Gasteiger partial charge in [0.15, 0.2) is 29.1 Å². The van der Waals surface area contributed by atoms with E-state index in [4.69, 9.17) is 0 Å². The fourth-order valence-electron chi connectivity index (χ4n) is 1.05. The summed E-state index contributed by atoms with van der Waals surface area (Å²) in [6, 6.07) is 0. The Bertz CT molecular complexity index is 417. The fraction of sp³-hybridized carbons (Fsp3) is 0.222. The van der Waals surface area contributed by atoms with Gasteiger partial charge in [0.1, 0.15) is 0 Å². The van der Waals surface area contributed by atoms with E-state index < -0.39 is 40.4 Å². The lowest BCUT2D eigenvalue weighted by Crippen LogP contribution is -2.14. The number of hydrogen-bond donors (Lipinski definition) is 0. The molecule has 0 unspecified atom stereocenters. The molecule has 0 aliphatic rings. The normalized spacial score (nSPS) is 10.6. The van der Waals surface area contributed by atoms with Crippen molar-refractivity contribution in [3.63, 3.8) is 0 Å². The lowest BCUT2D eigenvalue weighted by molar-refractivity contribution is 0.101. The van der Waals surface area contributed by atoms with Gasteiger partial charge in [-0.25, -0.2) is 22.0 Å². The van der Waals surface area contributed by atoms with E-state index in [1.165, 1.54) is 6.26 Å². The van der Waals surface area contributed by atoms with Crippen LogP contribution in [0.2, 0.25) is 0 Å². The van der Waals surface area contributed by atoms with Crippen LogP contribution in [-0.4, -0.2) is 17.8 Å². The molecule has 7 heteroatoms. The lowest BCUT2D eigenvalue weighted by atomic mass is 10.1. The largest absolute Gasteiger partial charge is 0.293 e. The van der Waals surface area contributed by atoms with Gasteiger partial charge in [-0.15, -0.1) is 0 Å². The Hall–Kier alpha value is -1.11. The van der Waals surface area contributed by atoms with Gasteiger partial charge in [0.25, 0.3) is 0 Å². The molecule has 88 valence electrons. The molecule has 0 atom stereocenters. The molecule has 0 fully saturated rings. The zero-order chi connectivity index (χ0) is 12.5. The smallest absolute Gasteiger partial charge is 0.200 e. The maximum atomic E-state index is 13.0. The Morgan fingerprint density at radius 3 is 1.69 bits per heavy atom. The van der Waals surface area contributed by atoms with Gasteiger partial charge in [-0.2, -0.15) is 11.8 Å². The third kappa shape index (κ3) is 2.04. The first-order chi connectivity index (χ1) is 7.41. The second-order valence-electron chi connectivity index (χ2n) is 2.80. The van der Waals surface area contributed by atoms with Gasteiger partial charge in [-0.3, -0.25) is 4.79 Å². The van der Waals surface area contributed by atoms with Crippen LogP contribution < -0.4 is 0 Å². The molecule has 0 N–H and O–H groups in total. The molecule has 0 aliphatic carbocycles. The van der Waals surface area contributed by atoms with E-state index in [0.717, 1.165) is 11.8 Å². The minimum Gasteiger partial charge on any atom is -0.293 e. The Kier molecular flexibility index (Phi) is 3.90. The predicted octanol–water partition coefficient (Wildman–Crippen LogP) is 2.93. The monoisotopic (exact) mass is 256 g/mol. The molecule has 16 heavy (non-hydrogen) atoms. The van der Waals surface area contributed by atoms with Crippen LogP contribution in [0.1, 0.15) is 10.4 Å². The molecular weight excluding hydrogens is 251 g/mol. The number of rotatable bonds is 3. The lowest BCUT2D eigenvalue weighted by Gasteiger charge is -2.06. The molecule has 0 radical (unpaired) electrons. The van der Waals surface area contributed by atoms with Gasteiger partial charge in [-0.05, 0) is 6.26 Å². The summed E-state index contributed by atoms with van der Waals surface area (Å²) in [6.07, 6.45) is 1.46. The Labute approximate surface area is 91.6 Å². The van der Waals surface area contributed by atoms with E-state index >= 15 is 0 Å². The minimum absolute atomic E-state index is 0.363. The number of carbonyl (C=O) groups excluding carboxylic acids is 1. The van der Waals surface area contributed by atoms with Crippen molar-refractivity contribution in [2.45, 2.75) is 0 Å². The van der Waals surface area contributed by atoms with E-state index in [2.05, 4.69) is 0 Å². The minimum atomic E-state index is -2.27. The van der Waals surface area contributed by atoms with Crippen LogP contribution in [0, 0.1) is 29.1 Å². The topological polar surface area (TPSA) is 17.1 Å². The number of halogens is 5. The zero-order valence-electron chi connectivity index (χ0n) is 7.91. The summed E-state index contributed by atoms with van der Waals surface area (Å²) in [5, 5.41) is 0. The Balaban J connectivity index is 3.45. The van der Waals surface area contributed by atoms with Crippen LogP contribution in [0.4, 0.5) is 22.0 Å². The molecule has 0 aromatic heterocycles. The highest BCUT2D eigenvalue weighted by Gasteiger charge is 2.29. The van der Waals surface area contributed by atoms with Crippen molar-refractivity contribution in [1.82, 2.24) is 0 Å². The number of benzene rings is 1. The number of thioether (sulfide) groups is 1. The van der Waals surface area contributed by atoms with Gasteiger partial charge < -0.3 is 0 Å². The standard InChI is InChI=1S/C9H5F5OS/c1-16-2-3(15)4-5(10)7(12)9(14)8(13)6(4)11/h2H2,1H3. The average Bonchev–Trinajstić information content (AvgIpc) is 2.24. The van der Waals surface area contributed by atoms with E-state index in [1.54, 1.807) is 0 Å². The maximum Gasteiger partial charge on any atom is 0.200 e. The Morgan fingerprint density at radius 2 is 1.31 bits per heavy atom. The molecule has 0 aliphatic heterocycles. The first-order valence-corrected chi connectivity index (χ1v) is 5.34. The van der Waals surface area contributed by atoms with Crippen LogP contribution >= 0.6 is 11.8 Å². The Morgan fingerprint density at radius 1 is 0.938 bits per heavy atom. The summed E-state index contributed by atoms with van der Waals surface area (Å²) in [4.78, 5) is 11.1. The summed E-state index contributed by atoms with van der Waals surface area (Å²) >= 11 is 0.916. The third-order valence-corrected chi connectivity index (χ3v) is 2.31. The number of Topliss-reactive ketones (excluding diaryl/α,β-unsaturated/α-hetero) is 1.